The molecule has 0 saturated carbocycles. The van der Waals surface area contributed by atoms with Gasteiger partial charge >= 0.3 is 0 Å². The molecule has 1 unspecified atom stereocenters. The second-order valence-corrected chi connectivity index (χ2v) is 9.17. The average molecular weight is 405 g/mol. The zero-order chi connectivity index (χ0) is 20.3. The number of carbonyl (C=O) groups is 1. The zero-order valence-electron chi connectivity index (χ0n) is 16.7. The summed E-state index contributed by atoms with van der Waals surface area (Å²) in [5, 5.41) is 4.19. The lowest BCUT2D eigenvalue weighted by Crippen LogP contribution is -2.31. The minimum atomic E-state index is -3.62. The number of amides is 1. The van der Waals surface area contributed by atoms with Crippen LogP contribution >= 0.6 is 0 Å². The molecular formula is C20H28N4O3S. The molecule has 0 aliphatic carbocycles. The minimum absolute atomic E-state index is 0.133. The summed E-state index contributed by atoms with van der Waals surface area (Å²) < 4.78 is 29.8. The lowest BCUT2D eigenvalue weighted by atomic mass is 10.0. The molecule has 1 saturated heterocycles. The maximum atomic E-state index is 12.7. The Balaban J connectivity index is 1.61. The molecule has 1 amide bonds. The van der Waals surface area contributed by atoms with Crippen LogP contribution in [0.25, 0.3) is 0 Å². The molecule has 152 valence electrons. The van der Waals surface area contributed by atoms with E-state index in [0.717, 1.165) is 12.0 Å². The number of hydrogen-bond acceptors (Lipinski definition) is 4. The molecule has 3 rings (SSSR count). The van der Waals surface area contributed by atoms with Crippen LogP contribution in [-0.2, 0) is 28.4 Å². The third-order valence-corrected chi connectivity index (χ3v) is 7.09. The normalized spacial score (nSPS) is 18.3. The van der Waals surface area contributed by atoms with Crippen molar-refractivity contribution in [2.45, 2.75) is 44.6 Å². The van der Waals surface area contributed by atoms with Crippen molar-refractivity contribution in [1.82, 2.24) is 19.4 Å². The van der Waals surface area contributed by atoms with E-state index in [9.17, 15) is 13.2 Å². The molecular weight excluding hydrogens is 376 g/mol. The number of rotatable bonds is 6. The summed E-state index contributed by atoms with van der Waals surface area (Å²) in [5.74, 6) is 0.268. The number of hydrogen-bond donors (Lipinski definition) is 1. The highest BCUT2D eigenvalue weighted by Crippen LogP contribution is 2.22. The summed E-state index contributed by atoms with van der Waals surface area (Å²) in [6.07, 6.45) is 1.92. The topological polar surface area (TPSA) is 84.3 Å². The highest BCUT2D eigenvalue weighted by atomic mass is 32.2. The lowest BCUT2D eigenvalue weighted by Gasteiger charge is -2.21. The van der Waals surface area contributed by atoms with Gasteiger partial charge in [0.05, 0.1) is 11.4 Å². The number of aromatic nitrogens is 2. The Morgan fingerprint density at radius 1 is 1.18 bits per heavy atom. The van der Waals surface area contributed by atoms with Gasteiger partial charge in [-0.15, -0.1) is 0 Å². The van der Waals surface area contributed by atoms with Crippen molar-refractivity contribution in [3.63, 3.8) is 0 Å². The van der Waals surface area contributed by atoms with E-state index in [1.165, 1.54) is 0 Å². The molecule has 0 spiro atoms. The van der Waals surface area contributed by atoms with E-state index in [-0.39, 0.29) is 16.7 Å². The van der Waals surface area contributed by atoms with E-state index in [1.807, 2.05) is 35.2 Å². The Bertz CT molecular complexity index is 938. The Hall–Kier alpha value is -2.19. The first-order valence-electron chi connectivity index (χ1n) is 9.59. The molecule has 1 aromatic carbocycles. The monoisotopic (exact) mass is 404 g/mol. The Labute approximate surface area is 166 Å². The molecule has 1 fully saturated rings. The number of carbonyl (C=O) groups excluding carboxylic acids is 1. The SMILES string of the molecule is Cc1nn(C)c(C)c1S(=O)(=O)NCC1CCC(=O)N(Cc2ccccc2)CC1. The number of nitrogens with one attached hydrogen (secondary N) is 1. The Kier molecular flexibility index (Phi) is 6.20. The van der Waals surface area contributed by atoms with E-state index in [2.05, 4.69) is 9.82 Å². The van der Waals surface area contributed by atoms with E-state index >= 15 is 0 Å². The van der Waals surface area contributed by atoms with E-state index in [4.69, 9.17) is 0 Å². The number of aryl methyl sites for hydroxylation is 2. The third kappa shape index (κ3) is 4.62. The predicted molar refractivity (Wildman–Crippen MR) is 107 cm³/mol. The van der Waals surface area contributed by atoms with Crippen LogP contribution in [0.5, 0.6) is 0 Å². The highest BCUT2D eigenvalue weighted by molar-refractivity contribution is 7.89. The quantitative estimate of drug-likeness (QED) is 0.799. The smallest absolute Gasteiger partial charge is 0.244 e. The van der Waals surface area contributed by atoms with Gasteiger partial charge in [0.2, 0.25) is 15.9 Å². The van der Waals surface area contributed by atoms with Gasteiger partial charge < -0.3 is 4.90 Å². The molecule has 1 aromatic heterocycles. The number of benzene rings is 1. The second-order valence-electron chi connectivity index (χ2n) is 7.47. The van der Waals surface area contributed by atoms with E-state index < -0.39 is 10.0 Å². The van der Waals surface area contributed by atoms with Crippen molar-refractivity contribution >= 4 is 15.9 Å². The highest BCUT2D eigenvalue weighted by Gasteiger charge is 2.27. The van der Waals surface area contributed by atoms with Crippen molar-refractivity contribution in [3.8, 4) is 0 Å². The van der Waals surface area contributed by atoms with Crippen molar-refractivity contribution in [3.05, 3.63) is 47.3 Å². The van der Waals surface area contributed by atoms with Gasteiger partial charge in [0, 0.05) is 33.1 Å². The molecule has 1 atom stereocenters. The number of nitrogens with zero attached hydrogens (tertiary/aromatic N) is 3. The summed E-state index contributed by atoms with van der Waals surface area (Å²) in [6.45, 7) is 5.04. The van der Waals surface area contributed by atoms with Crippen molar-refractivity contribution in [1.29, 1.82) is 0 Å². The third-order valence-electron chi connectivity index (χ3n) is 5.42. The summed E-state index contributed by atoms with van der Waals surface area (Å²) in [7, 11) is -1.88. The zero-order valence-corrected chi connectivity index (χ0v) is 17.5. The van der Waals surface area contributed by atoms with Crippen LogP contribution in [0.1, 0.15) is 36.2 Å². The van der Waals surface area contributed by atoms with Crippen LogP contribution < -0.4 is 4.72 Å². The molecule has 2 aromatic rings. The molecule has 1 aliphatic heterocycles. The molecule has 28 heavy (non-hydrogen) atoms. The summed E-state index contributed by atoms with van der Waals surface area (Å²) in [6, 6.07) is 9.93. The molecule has 2 heterocycles. The Morgan fingerprint density at radius 2 is 1.89 bits per heavy atom. The molecule has 1 N–H and O–H groups in total. The molecule has 1 aliphatic rings. The van der Waals surface area contributed by atoms with Crippen LogP contribution in [0.2, 0.25) is 0 Å². The Morgan fingerprint density at radius 3 is 2.54 bits per heavy atom. The first kappa shape index (κ1) is 20.5. The fourth-order valence-electron chi connectivity index (χ4n) is 3.71. The molecule has 0 radical (unpaired) electrons. The van der Waals surface area contributed by atoms with Crippen LogP contribution in [0.3, 0.4) is 0 Å². The average Bonchev–Trinajstić information content (AvgIpc) is 2.81. The van der Waals surface area contributed by atoms with Gasteiger partial charge in [0.25, 0.3) is 0 Å². The van der Waals surface area contributed by atoms with E-state index in [1.54, 1.807) is 25.6 Å². The molecule has 7 nitrogen and oxygen atoms in total. The number of likely N-dealkylation sites (tertiary alicyclic amines) is 1. The largest absolute Gasteiger partial charge is 0.338 e. The van der Waals surface area contributed by atoms with Crippen LogP contribution in [0, 0.1) is 19.8 Å². The summed E-state index contributed by atoms with van der Waals surface area (Å²) in [4.78, 5) is 14.6. The van der Waals surface area contributed by atoms with Crippen molar-refractivity contribution < 1.29 is 13.2 Å². The number of sulfonamides is 1. The second kappa shape index (κ2) is 8.45. The van der Waals surface area contributed by atoms with Crippen LogP contribution in [0.4, 0.5) is 0 Å². The van der Waals surface area contributed by atoms with E-state index in [0.29, 0.717) is 43.9 Å². The van der Waals surface area contributed by atoms with Gasteiger partial charge in [-0.05, 0) is 38.2 Å². The van der Waals surface area contributed by atoms with Crippen LogP contribution in [0.15, 0.2) is 35.2 Å². The standard InChI is InChI=1S/C20H28N4O3S/c1-15-20(16(2)23(3)22-15)28(26,27)21-13-17-9-10-19(25)24(12-11-17)14-18-7-5-4-6-8-18/h4-8,17,21H,9-14H2,1-3H3. The van der Waals surface area contributed by atoms with Crippen molar-refractivity contribution in [2.24, 2.45) is 13.0 Å². The van der Waals surface area contributed by atoms with Crippen molar-refractivity contribution in [2.75, 3.05) is 13.1 Å². The fourth-order valence-corrected chi connectivity index (χ4v) is 5.26. The maximum absolute atomic E-state index is 12.7. The first-order valence-corrected chi connectivity index (χ1v) is 11.1. The fraction of sp³-hybridized carbons (Fsp3) is 0.500. The maximum Gasteiger partial charge on any atom is 0.244 e. The van der Waals surface area contributed by atoms with Gasteiger partial charge in [-0.25, -0.2) is 13.1 Å². The predicted octanol–water partition coefficient (Wildman–Crippen LogP) is 2.14. The van der Waals surface area contributed by atoms with Gasteiger partial charge in [-0.2, -0.15) is 5.10 Å². The van der Waals surface area contributed by atoms with Gasteiger partial charge in [-0.1, -0.05) is 30.3 Å². The van der Waals surface area contributed by atoms with Gasteiger partial charge in [0.15, 0.2) is 0 Å². The minimum Gasteiger partial charge on any atom is -0.338 e. The molecule has 0 bridgehead atoms. The van der Waals surface area contributed by atoms with Gasteiger partial charge in [0.1, 0.15) is 4.90 Å². The lowest BCUT2D eigenvalue weighted by molar-refractivity contribution is -0.131. The first-order chi connectivity index (χ1) is 13.3. The summed E-state index contributed by atoms with van der Waals surface area (Å²) in [5.41, 5.74) is 2.23. The van der Waals surface area contributed by atoms with Gasteiger partial charge in [-0.3, -0.25) is 9.48 Å². The summed E-state index contributed by atoms with van der Waals surface area (Å²) >= 11 is 0. The van der Waals surface area contributed by atoms with Crippen LogP contribution in [-0.4, -0.2) is 42.1 Å². The molecule has 8 heteroatoms.